The zero-order chi connectivity index (χ0) is 27.3. The molecule has 0 aromatic heterocycles. The van der Waals surface area contributed by atoms with E-state index in [9.17, 15) is 19.8 Å². The van der Waals surface area contributed by atoms with Crippen molar-refractivity contribution in [1.29, 1.82) is 0 Å². The summed E-state index contributed by atoms with van der Waals surface area (Å²) < 4.78 is 30.3. The maximum absolute atomic E-state index is 13.0. The number of carbonyl (C=O) groups is 2. The summed E-state index contributed by atoms with van der Waals surface area (Å²) in [6, 6.07) is 0. The average Bonchev–Trinajstić information content (AvgIpc) is 3.64. The van der Waals surface area contributed by atoms with Crippen LogP contribution in [0.15, 0.2) is 47.6 Å². The maximum atomic E-state index is 13.0. The first-order chi connectivity index (χ1) is 18.0. The van der Waals surface area contributed by atoms with E-state index >= 15 is 0 Å². The zero-order valence-corrected chi connectivity index (χ0v) is 22.4. The Morgan fingerprint density at radius 3 is 2.58 bits per heavy atom. The van der Waals surface area contributed by atoms with E-state index in [1.165, 1.54) is 17.7 Å². The topological polar surface area (TPSA) is 124 Å². The standard InChI is InChI=1S/C29H38O9/c1-17-9-10-28-15-35-26(33)12-18(2)20(31)14-34-21(19(3)30)7-5-6-8-25(32)38-22-13-24(37-23(28)11-17)29(16-36-29)27(22,28)4/h5-8,11-12,19-24,30-31H,9-10,13-16H2,1-4H3/b7-5+,8-6+,18-12+. The molecule has 9 unspecified atom stereocenters. The van der Waals surface area contributed by atoms with Crippen LogP contribution in [0.25, 0.3) is 0 Å². The van der Waals surface area contributed by atoms with Gasteiger partial charge in [-0.3, -0.25) is 0 Å². The summed E-state index contributed by atoms with van der Waals surface area (Å²) in [4.78, 5) is 25.9. The fourth-order valence-corrected chi connectivity index (χ4v) is 6.83. The Morgan fingerprint density at radius 2 is 1.87 bits per heavy atom. The lowest BCUT2D eigenvalue weighted by atomic mass is 9.51. The van der Waals surface area contributed by atoms with Gasteiger partial charge < -0.3 is 33.9 Å². The Hall–Kier alpha value is -2.30. The van der Waals surface area contributed by atoms with E-state index in [0.717, 1.165) is 6.42 Å². The van der Waals surface area contributed by atoms with Gasteiger partial charge in [0, 0.05) is 24.0 Å². The zero-order valence-electron chi connectivity index (χ0n) is 22.4. The minimum absolute atomic E-state index is 0.0573. The molecule has 0 amide bonds. The van der Waals surface area contributed by atoms with Crippen LogP contribution in [-0.4, -0.2) is 84.2 Å². The van der Waals surface area contributed by atoms with Crippen LogP contribution >= 0.6 is 0 Å². The van der Waals surface area contributed by atoms with E-state index in [0.29, 0.717) is 25.0 Å². The van der Waals surface area contributed by atoms with Crippen LogP contribution in [0.3, 0.4) is 0 Å². The van der Waals surface area contributed by atoms with E-state index in [4.69, 9.17) is 23.7 Å². The molecule has 3 fully saturated rings. The molecule has 2 bridgehead atoms. The minimum Gasteiger partial charge on any atom is -0.462 e. The lowest BCUT2D eigenvalue weighted by Crippen LogP contribution is -2.66. The van der Waals surface area contributed by atoms with Crippen molar-refractivity contribution in [3.63, 3.8) is 0 Å². The highest BCUT2D eigenvalue weighted by atomic mass is 16.6. The molecule has 3 aliphatic heterocycles. The van der Waals surface area contributed by atoms with E-state index in [-0.39, 0.29) is 25.4 Å². The monoisotopic (exact) mass is 530 g/mol. The second-order valence-electron chi connectivity index (χ2n) is 11.6. The van der Waals surface area contributed by atoms with Crippen LogP contribution in [-0.2, 0) is 33.3 Å². The molecule has 0 aromatic carbocycles. The van der Waals surface area contributed by atoms with Gasteiger partial charge in [0.15, 0.2) is 0 Å². The van der Waals surface area contributed by atoms with E-state index in [2.05, 4.69) is 19.9 Å². The number of esters is 2. The third kappa shape index (κ3) is 4.38. The van der Waals surface area contributed by atoms with Gasteiger partial charge in [0.1, 0.15) is 24.4 Å². The van der Waals surface area contributed by atoms with Crippen molar-refractivity contribution in [2.24, 2.45) is 10.8 Å². The molecule has 2 aliphatic carbocycles. The van der Waals surface area contributed by atoms with Crippen molar-refractivity contribution >= 4 is 11.9 Å². The molecular weight excluding hydrogens is 492 g/mol. The van der Waals surface area contributed by atoms with E-state index in [1.54, 1.807) is 32.1 Å². The van der Waals surface area contributed by atoms with Gasteiger partial charge in [-0.15, -0.1) is 0 Å². The van der Waals surface area contributed by atoms with Gasteiger partial charge >= 0.3 is 11.9 Å². The van der Waals surface area contributed by atoms with Crippen LogP contribution < -0.4 is 0 Å². The highest BCUT2D eigenvalue weighted by Crippen LogP contribution is 2.72. The lowest BCUT2D eigenvalue weighted by molar-refractivity contribution is -0.232. The second-order valence-corrected chi connectivity index (χ2v) is 11.6. The molecule has 0 aromatic rings. The maximum Gasteiger partial charge on any atom is 0.331 e. The Morgan fingerprint density at radius 1 is 1.11 bits per heavy atom. The molecule has 9 heteroatoms. The van der Waals surface area contributed by atoms with Crippen molar-refractivity contribution in [2.75, 3.05) is 19.8 Å². The summed E-state index contributed by atoms with van der Waals surface area (Å²) in [5.41, 5.74) is -0.328. The highest BCUT2D eigenvalue weighted by Gasteiger charge is 2.83. The number of allylic oxidation sites excluding steroid dienone is 3. The third-order valence-electron chi connectivity index (χ3n) is 9.39. The summed E-state index contributed by atoms with van der Waals surface area (Å²) in [6.45, 7) is 7.78. The molecule has 1 saturated carbocycles. The van der Waals surface area contributed by atoms with Crippen molar-refractivity contribution in [3.8, 4) is 0 Å². The Balaban J connectivity index is 1.52. The predicted molar refractivity (Wildman–Crippen MR) is 136 cm³/mol. The van der Waals surface area contributed by atoms with E-state index < -0.39 is 52.8 Å². The van der Waals surface area contributed by atoms with Crippen molar-refractivity contribution in [2.45, 2.75) is 89.2 Å². The summed E-state index contributed by atoms with van der Waals surface area (Å²) >= 11 is 0. The lowest BCUT2D eigenvalue weighted by Gasteiger charge is -2.58. The van der Waals surface area contributed by atoms with Gasteiger partial charge in [-0.1, -0.05) is 36.8 Å². The molecule has 9 atom stereocenters. The van der Waals surface area contributed by atoms with Crippen LogP contribution in [0.5, 0.6) is 0 Å². The molecule has 5 rings (SSSR count). The first kappa shape index (κ1) is 27.3. The first-order valence-electron chi connectivity index (χ1n) is 13.4. The number of epoxide rings is 1. The molecule has 38 heavy (non-hydrogen) atoms. The van der Waals surface area contributed by atoms with Crippen LogP contribution in [0.4, 0.5) is 0 Å². The molecule has 2 N–H and O–H groups in total. The Kier molecular flexibility index (Phi) is 7.19. The number of aliphatic hydroxyl groups is 2. The molecule has 5 aliphatic rings. The number of ether oxygens (including phenoxy) is 5. The van der Waals surface area contributed by atoms with Gasteiger partial charge in [-0.2, -0.15) is 0 Å². The van der Waals surface area contributed by atoms with Gasteiger partial charge in [0.25, 0.3) is 0 Å². The molecule has 9 nitrogen and oxygen atoms in total. The average molecular weight is 531 g/mol. The highest BCUT2D eigenvalue weighted by molar-refractivity contribution is 5.83. The van der Waals surface area contributed by atoms with Crippen LogP contribution in [0, 0.1) is 10.8 Å². The summed E-state index contributed by atoms with van der Waals surface area (Å²) in [5, 5.41) is 20.6. The quantitative estimate of drug-likeness (QED) is 0.299. The van der Waals surface area contributed by atoms with Gasteiger partial charge in [0.05, 0.1) is 43.0 Å². The molecular formula is C29H38O9. The molecule has 208 valence electrons. The Labute approximate surface area is 223 Å². The Bertz CT molecular complexity index is 1080. The second kappa shape index (κ2) is 10.0. The predicted octanol–water partition coefficient (Wildman–Crippen LogP) is 2.31. The fourth-order valence-electron chi connectivity index (χ4n) is 6.83. The molecule has 0 radical (unpaired) electrons. The van der Waals surface area contributed by atoms with Crippen molar-refractivity contribution in [3.05, 3.63) is 47.6 Å². The number of cyclic esters (lactones) is 1. The minimum atomic E-state index is -1.06. The van der Waals surface area contributed by atoms with Gasteiger partial charge in [0.2, 0.25) is 0 Å². The normalized spacial score (nSPS) is 47.3. The summed E-state index contributed by atoms with van der Waals surface area (Å²) in [7, 11) is 0. The van der Waals surface area contributed by atoms with Gasteiger partial charge in [-0.25, -0.2) is 9.59 Å². The van der Waals surface area contributed by atoms with E-state index in [1.807, 2.05) is 0 Å². The fraction of sp³-hybridized carbons (Fsp3) is 0.655. The number of hydrogen-bond donors (Lipinski definition) is 2. The largest absolute Gasteiger partial charge is 0.462 e. The SMILES string of the molecule is CC1=CC2OC3CC4OC(=O)/C=C/C=C/C(C(C)O)OCC(O)/C(C)=C/C(=O)OCC2(CC1)C4(C)C31CO1. The number of hydrogen-bond acceptors (Lipinski definition) is 9. The summed E-state index contributed by atoms with van der Waals surface area (Å²) in [5.74, 6) is -1.08. The number of carbonyl (C=O) groups excluding carboxylic acids is 2. The summed E-state index contributed by atoms with van der Waals surface area (Å²) in [6.07, 6.45) is 7.74. The van der Waals surface area contributed by atoms with Gasteiger partial charge in [-0.05, 0) is 39.2 Å². The van der Waals surface area contributed by atoms with Crippen molar-refractivity contribution in [1.82, 2.24) is 0 Å². The number of rotatable bonds is 1. The van der Waals surface area contributed by atoms with Crippen LogP contribution in [0.2, 0.25) is 0 Å². The third-order valence-corrected chi connectivity index (χ3v) is 9.39. The smallest absolute Gasteiger partial charge is 0.331 e. The number of aliphatic hydroxyl groups excluding tert-OH is 2. The molecule has 2 spiro atoms. The molecule has 3 heterocycles. The molecule has 2 saturated heterocycles. The van der Waals surface area contributed by atoms with Crippen LogP contribution in [0.1, 0.15) is 47.0 Å². The first-order valence-corrected chi connectivity index (χ1v) is 13.4. The van der Waals surface area contributed by atoms with Crippen molar-refractivity contribution < 1.29 is 43.5 Å².